The molecule has 2 aromatic rings. The number of rotatable bonds is 4. The predicted octanol–water partition coefficient (Wildman–Crippen LogP) is 2.84. The maximum atomic E-state index is 12.1. The van der Waals surface area contributed by atoms with Gasteiger partial charge in [-0.15, -0.1) is 0 Å². The number of anilines is 2. The molecule has 0 saturated carbocycles. The van der Waals surface area contributed by atoms with Crippen LogP contribution in [0.5, 0.6) is 5.75 Å². The second-order valence-corrected chi connectivity index (χ2v) is 5.90. The van der Waals surface area contributed by atoms with E-state index in [9.17, 15) is 14.4 Å². The van der Waals surface area contributed by atoms with Crippen molar-refractivity contribution in [2.75, 3.05) is 17.7 Å². The van der Waals surface area contributed by atoms with Crippen LogP contribution in [0.15, 0.2) is 48.5 Å². The van der Waals surface area contributed by atoms with Crippen LogP contribution in [0.1, 0.15) is 22.8 Å². The zero-order valence-corrected chi connectivity index (χ0v) is 14.8. The summed E-state index contributed by atoms with van der Waals surface area (Å²) in [4.78, 5) is 35.2. The minimum Gasteiger partial charge on any atom is -0.479 e. The number of hydrogen-bond donors (Lipinski definition) is 2. The second kappa shape index (κ2) is 7.74. The van der Waals surface area contributed by atoms with E-state index in [-0.39, 0.29) is 11.8 Å². The van der Waals surface area contributed by atoms with Gasteiger partial charge in [-0.05, 0) is 48.9 Å². The molecule has 0 bridgehead atoms. The molecule has 1 aliphatic rings. The van der Waals surface area contributed by atoms with E-state index in [1.165, 1.54) is 13.2 Å². The molecule has 138 valence electrons. The van der Waals surface area contributed by atoms with Gasteiger partial charge < -0.3 is 20.1 Å². The van der Waals surface area contributed by atoms with E-state index in [0.717, 1.165) is 5.56 Å². The predicted molar refractivity (Wildman–Crippen MR) is 101 cm³/mol. The normalized spacial score (nSPS) is 15.5. The highest BCUT2D eigenvalue weighted by Crippen LogP contribution is 2.32. The average Bonchev–Trinajstić information content (AvgIpc) is 2.67. The molecule has 0 radical (unpaired) electrons. The highest BCUT2D eigenvalue weighted by molar-refractivity contribution is 6.03. The number of ether oxygens (including phenoxy) is 2. The van der Waals surface area contributed by atoms with Gasteiger partial charge in [-0.25, -0.2) is 4.79 Å². The molecule has 0 aromatic heterocycles. The molecule has 3 rings (SSSR count). The van der Waals surface area contributed by atoms with E-state index in [1.807, 2.05) is 0 Å². The first-order valence-electron chi connectivity index (χ1n) is 8.25. The Morgan fingerprint density at radius 1 is 1.19 bits per heavy atom. The molecule has 2 N–H and O–H groups in total. The van der Waals surface area contributed by atoms with Crippen molar-refractivity contribution >= 4 is 35.2 Å². The lowest BCUT2D eigenvalue weighted by atomic mass is 10.1. The number of carbonyl (C=O) groups is 3. The lowest BCUT2D eigenvalue weighted by Crippen LogP contribution is -2.34. The minimum atomic E-state index is -0.550. The summed E-state index contributed by atoms with van der Waals surface area (Å²) in [5.41, 5.74) is 2.24. The van der Waals surface area contributed by atoms with Crippen LogP contribution in [0.4, 0.5) is 11.4 Å². The van der Waals surface area contributed by atoms with Gasteiger partial charge in [-0.2, -0.15) is 0 Å². The topological polar surface area (TPSA) is 93.7 Å². The summed E-state index contributed by atoms with van der Waals surface area (Å²) in [7, 11) is 1.32. The molecular weight excluding hydrogens is 348 g/mol. The maximum absolute atomic E-state index is 12.1. The molecule has 7 nitrogen and oxygen atoms in total. The van der Waals surface area contributed by atoms with Gasteiger partial charge in [-0.1, -0.05) is 12.1 Å². The standard InChI is InChI=1S/C20H18N2O5/c1-12-19(24)22-16-11-15(8-9-17(16)27-12)21-18(23)10-5-13-3-6-14(7-4-13)20(25)26-2/h3-12H,1-2H3,(H,21,23)(H,22,24)/b10-5+. The molecule has 2 amide bonds. The van der Waals surface area contributed by atoms with Crippen LogP contribution in [0, 0.1) is 0 Å². The fourth-order valence-electron chi connectivity index (χ4n) is 2.49. The van der Waals surface area contributed by atoms with Crippen LogP contribution in [-0.4, -0.2) is 31.0 Å². The summed E-state index contributed by atoms with van der Waals surface area (Å²) in [5.74, 6) is -0.424. The first-order chi connectivity index (χ1) is 13.0. The molecule has 1 aliphatic heterocycles. The number of methoxy groups -OCH3 is 1. The van der Waals surface area contributed by atoms with Crippen LogP contribution in [-0.2, 0) is 14.3 Å². The summed E-state index contributed by atoms with van der Waals surface area (Å²) in [6.45, 7) is 1.66. The van der Waals surface area contributed by atoms with Crippen molar-refractivity contribution in [1.29, 1.82) is 0 Å². The largest absolute Gasteiger partial charge is 0.479 e. The van der Waals surface area contributed by atoms with E-state index < -0.39 is 12.1 Å². The molecule has 0 spiro atoms. The Bertz CT molecular complexity index is 918. The Morgan fingerprint density at radius 3 is 2.63 bits per heavy atom. The fraction of sp³-hybridized carbons (Fsp3) is 0.150. The molecule has 27 heavy (non-hydrogen) atoms. The Morgan fingerprint density at radius 2 is 1.93 bits per heavy atom. The van der Waals surface area contributed by atoms with E-state index >= 15 is 0 Å². The Labute approximate surface area is 156 Å². The summed E-state index contributed by atoms with van der Waals surface area (Å²) >= 11 is 0. The third kappa shape index (κ3) is 4.33. The molecule has 0 aliphatic carbocycles. The first kappa shape index (κ1) is 18.2. The van der Waals surface area contributed by atoms with Crippen molar-refractivity contribution in [2.24, 2.45) is 0 Å². The molecule has 7 heteroatoms. The molecule has 2 aromatic carbocycles. The van der Waals surface area contributed by atoms with E-state index in [1.54, 1.807) is 55.5 Å². The quantitative estimate of drug-likeness (QED) is 0.641. The van der Waals surface area contributed by atoms with Crippen molar-refractivity contribution in [3.05, 3.63) is 59.7 Å². The van der Waals surface area contributed by atoms with Crippen LogP contribution in [0.2, 0.25) is 0 Å². The maximum Gasteiger partial charge on any atom is 0.337 e. The highest BCUT2D eigenvalue weighted by atomic mass is 16.5. The molecule has 1 atom stereocenters. The van der Waals surface area contributed by atoms with Gasteiger partial charge in [-0.3, -0.25) is 9.59 Å². The lowest BCUT2D eigenvalue weighted by Gasteiger charge is -2.23. The zero-order valence-electron chi connectivity index (χ0n) is 14.8. The number of amides is 2. The van der Waals surface area contributed by atoms with Gasteiger partial charge in [0, 0.05) is 11.8 Å². The third-order valence-electron chi connectivity index (χ3n) is 3.94. The SMILES string of the molecule is COC(=O)c1ccc(/C=C/C(=O)Nc2ccc3c(c2)NC(=O)C(C)O3)cc1. The third-order valence-corrected chi connectivity index (χ3v) is 3.94. The number of hydrogen-bond acceptors (Lipinski definition) is 5. The van der Waals surface area contributed by atoms with Crippen molar-refractivity contribution in [2.45, 2.75) is 13.0 Å². The fourth-order valence-corrected chi connectivity index (χ4v) is 2.49. The van der Waals surface area contributed by atoms with Crippen molar-refractivity contribution in [1.82, 2.24) is 0 Å². The summed E-state index contributed by atoms with van der Waals surface area (Å²) in [6.07, 6.45) is 2.46. The molecule has 1 unspecified atom stereocenters. The highest BCUT2D eigenvalue weighted by Gasteiger charge is 2.23. The Hall–Kier alpha value is -3.61. The summed E-state index contributed by atoms with van der Waals surface area (Å²) < 4.78 is 10.1. The van der Waals surface area contributed by atoms with E-state index in [4.69, 9.17) is 4.74 Å². The van der Waals surface area contributed by atoms with Gasteiger partial charge >= 0.3 is 5.97 Å². The van der Waals surface area contributed by atoms with Gasteiger partial charge in [0.15, 0.2) is 6.10 Å². The Kier molecular flexibility index (Phi) is 5.21. The minimum absolute atomic E-state index is 0.235. The molecular formula is C20H18N2O5. The first-order valence-corrected chi connectivity index (χ1v) is 8.25. The summed E-state index contributed by atoms with van der Waals surface area (Å²) in [6, 6.07) is 11.7. The summed E-state index contributed by atoms with van der Waals surface area (Å²) in [5, 5.41) is 5.45. The van der Waals surface area contributed by atoms with E-state index in [0.29, 0.717) is 22.7 Å². The van der Waals surface area contributed by atoms with Gasteiger partial charge in [0.2, 0.25) is 5.91 Å². The van der Waals surface area contributed by atoms with Crippen LogP contribution < -0.4 is 15.4 Å². The molecule has 1 heterocycles. The second-order valence-electron chi connectivity index (χ2n) is 5.90. The van der Waals surface area contributed by atoms with Crippen LogP contribution in [0.3, 0.4) is 0 Å². The van der Waals surface area contributed by atoms with Gasteiger partial charge in [0.05, 0.1) is 18.4 Å². The monoisotopic (exact) mass is 366 g/mol. The van der Waals surface area contributed by atoms with Crippen molar-refractivity contribution in [3.63, 3.8) is 0 Å². The smallest absolute Gasteiger partial charge is 0.337 e. The lowest BCUT2D eigenvalue weighted by molar-refractivity contribution is -0.122. The van der Waals surface area contributed by atoms with Crippen LogP contribution in [0.25, 0.3) is 6.08 Å². The van der Waals surface area contributed by atoms with Crippen molar-refractivity contribution in [3.8, 4) is 5.75 Å². The Balaban J connectivity index is 1.64. The molecule has 0 saturated heterocycles. The number of benzene rings is 2. The average molecular weight is 366 g/mol. The van der Waals surface area contributed by atoms with Crippen LogP contribution >= 0.6 is 0 Å². The zero-order chi connectivity index (χ0) is 19.4. The number of nitrogens with one attached hydrogen (secondary N) is 2. The van der Waals surface area contributed by atoms with E-state index in [2.05, 4.69) is 15.4 Å². The number of carbonyl (C=O) groups excluding carboxylic acids is 3. The molecule has 0 fully saturated rings. The number of fused-ring (bicyclic) bond motifs is 1. The van der Waals surface area contributed by atoms with Gasteiger partial charge in [0.1, 0.15) is 5.75 Å². The van der Waals surface area contributed by atoms with Gasteiger partial charge in [0.25, 0.3) is 5.91 Å². The van der Waals surface area contributed by atoms with Crippen molar-refractivity contribution < 1.29 is 23.9 Å². The number of esters is 1.